The van der Waals surface area contributed by atoms with E-state index in [0.717, 1.165) is 16.7 Å². The van der Waals surface area contributed by atoms with Crippen LogP contribution in [0.2, 0.25) is 0 Å². The van der Waals surface area contributed by atoms with Gasteiger partial charge in [0.05, 0.1) is 7.11 Å². The van der Waals surface area contributed by atoms with Crippen molar-refractivity contribution >= 4 is 17.8 Å². The Morgan fingerprint density at radius 1 is 1.05 bits per heavy atom. The van der Waals surface area contributed by atoms with Crippen LogP contribution in [-0.2, 0) is 20.7 Å². The fourth-order valence-corrected chi connectivity index (χ4v) is 4.52. The van der Waals surface area contributed by atoms with Crippen molar-refractivity contribution in [2.75, 3.05) is 7.11 Å². The lowest BCUT2D eigenvalue weighted by atomic mass is 9.91. The van der Waals surface area contributed by atoms with Crippen molar-refractivity contribution in [1.82, 2.24) is 10.3 Å². The van der Waals surface area contributed by atoms with Crippen molar-refractivity contribution in [2.45, 2.75) is 51.2 Å². The normalized spacial score (nSPS) is 16.8. The number of amides is 1. The van der Waals surface area contributed by atoms with E-state index >= 15 is 0 Å². The Morgan fingerprint density at radius 3 is 2.51 bits per heavy atom. The molecule has 0 saturated heterocycles. The summed E-state index contributed by atoms with van der Waals surface area (Å²) in [5, 5.41) is 2.62. The van der Waals surface area contributed by atoms with Crippen LogP contribution in [0, 0.1) is 0 Å². The van der Waals surface area contributed by atoms with Crippen LogP contribution in [0.25, 0.3) is 0 Å². The number of fused-ring (bicyclic) bond motifs is 1. The van der Waals surface area contributed by atoms with Gasteiger partial charge in [-0.15, -0.1) is 0 Å². The fraction of sp³-hybridized carbons (Fsp3) is 0.310. The molecule has 1 aliphatic rings. The molecule has 0 aliphatic heterocycles. The van der Waals surface area contributed by atoms with Gasteiger partial charge in [-0.3, -0.25) is 9.59 Å². The van der Waals surface area contributed by atoms with Crippen LogP contribution in [0.1, 0.15) is 59.8 Å². The van der Waals surface area contributed by atoms with Crippen molar-refractivity contribution < 1.29 is 28.6 Å². The Bertz CT molecular complexity index is 1280. The summed E-state index contributed by atoms with van der Waals surface area (Å²) in [5.74, 6) is -1.76. The number of carbonyl (C=O) groups is 3. The first-order chi connectivity index (χ1) is 17.9. The van der Waals surface area contributed by atoms with Crippen molar-refractivity contribution in [3.05, 3.63) is 89.2 Å². The minimum atomic E-state index is -0.972. The molecule has 8 nitrogen and oxygen atoms in total. The summed E-state index contributed by atoms with van der Waals surface area (Å²) in [6, 6.07) is 18.5. The van der Waals surface area contributed by atoms with Gasteiger partial charge in [-0.1, -0.05) is 61.5 Å². The molecule has 2 aromatic carbocycles. The Hall–Kier alpha value is -4.20. The van der Waals surface area contributed by atoms with Crippen LogP contribution < -0.4 is 14.8 Å². The molecule has 2 unspecified atom stereocenters. The maximum Gasteiger partial charge on any atom is 0.328 e. The van der Waals surface area contributed by atoms with E-state index in [9.17, 15) is 14.4 Å². The molecule has 1 amide bonds. The second-order valence-electron chi connectivity index (χ2n) is 8.88. The van der Waals surface area contributed by atoms with E-state index in [0.29, 0.717) is 12.8 Å². The molecule has 1 heterocycles. The van der Waals surface area contributed by atoms with Gasteiger partial charge in [-0.2, -0.15) is 0 Å². The number of methoxy groups -OCH3 is 1. The lowest BCUT2D eigenvalue weighted by molar-refractivity contribution is -0.151. The van der Waals surface area contributed by atoms with Gasteiger partial charge in [0.2, 0.25) is 5.75 Å². The summed E-state index contributed by atoms with van der Waals surface area (Å²) >= 11 is 0. The molecule has 0 bridgehead atoms. The second-order valence-corrected chi connectivity index (χ2v) is 8.88. The van der Waals surface area contributed by atoms with E-state index in [2.05, 4.69) is 16.4 Å². The van der Waals surface area contributed by atoms with Gasteiger partial charge in [0.15, 0.2) is 11.4 Å². The van der Waals surface area contributed by atoms with Gasteiger partial charge < -0.3 is 19.5 Å². The Kier molecular flexibility index (Phi) is 8.18. The van der Waals surface area contributed by atoms with Crippen molar-refractivity contribution in [3.8, 4) is 11.5 Å². The molecule has 3 atom stereocenters. The molecule has 192 valence electrons. The third-order valence-corrected chi connectivity index (χ3v) is 6.28. The summed E-state index contributed by atoms with van der Waals surface area (Å²) in [7, 11) is 1.40. The molecule has 3 aromatic rings. The Labute approximate surface area is 216 Å². The van der Waals surface area contributed by atoms with Crippen LogP contribution >= 0.6 is 0 Å². The molecule has 1 aromatic heterocycles. The third kappa shape index (κ3) is 5.80. The Morgan fingerprint density at radius 2 is 1.78 bits per heavy atom. The average Bonchev–Trinajstić information content (AvgIpc) is 3.27. The number of esters is 2. The summed E-state index contributed by atoms with van der Waals surface area (Å²) in [4.78, 5) is 42.3. The highest BCUT2D eigenvalue weighted by molar-refractivity contribution is 5.98. The third-order valence-electron chi connectivity index (χ3n) is 6.28. The van der Waals surface area contributed by atoms with Gasteiger partial charge in [0, 0.05) is 31.0 Å². The highest BCUT2D eigenvalue weighted by atomic mass is 16.6. The monoisotopic (exact) mass is 502 g/mol. The molecular weight excluding hydrogens is 472 g/mol. The number of pyridine rings is 1. The quantitative estimate of drug-likeness (QED) is 0.437. The number of hydrogen-bond donors (Lipinski definition) is 1. The maximum atomic E-state index is 13.1. The molecule has 37 heavy (non-hydrogen) atoms. The van der Waals surface area contributed by atoms with Gasteiger partial charge in [-0.05, 0) is 30.0 Å². The lowest BCUT2D eigenvalue weighted by Gasteiger charge is -2.23. The summed E-state index contributed by atoms with van der Waals surface area (Å²) in [5.41, 5.74) is 3.16. The zero-order chi connectivity index (χ0) is 26.4. The summed E-state index contributed by atoms with van der Waals surface area (Å²) in [6.45, 7) is 3.39. The van der Waals surface area contributed by atoms with Gasteiger partial charge in [0.1, 0.15) is 12.1 Å². The molecule has 1 N–H and O–H groups in total. The van der Waals surface area contributed by atoms with E-state index in [-0.39, 0.29) is 29.5 Å². The number of aromatic nitrogens is 1. The Balaban J connectivity index is 1.49. The van der Waals surface area contributed by atoms with Crippen molar-refractivity contribution in [3.63, 3.8) is 0 Å². The van der Waals surface area contributed by atoms with Gasteiger partial charge >= 0.3 is 11.9 Å². The molecule has 1 aliphatic carbocycles. The number of carbonyl (C=O) groups excluding carboxylic acids is 3. The standard InChI is InChI=1S/C29H30N2O6/c1-4-10-24(32)37-27-22(35-3)15-16-30-26(27)28(33)31-18(2)29(34)36-23-17-20-13-8-9-14-21(20)25(23)19-11-6-5-7-12-19/h5-9,11-16,18,23,25H,4,10,17H2,1-3H3,(H,31,33)/t18-,23?,25?/m0/s1. The zero-order valence-electron chi connectivity index (χ0n) is 21.1. The lowest BCUT2D eigenvalue weighted by Crippen LogP contribution is -2.42. The molecule has 4 rings (SSSR count). The van der Waals surface area contributed by atoms with E-state index < -0.39 is 30.0 Å². The SMILES string of the molecule is CCCC(=O)Oc1c(OC)ccnc1C(=O)N[C@@H](C)C(=O)OC1Cc2ccccc2C1c1ccccc1. The summed E-state index contributed by atoms with van der Waals surface area (Å²) < 4.78 is 16.6. The van der Waals surface area contributed by atoms with E-state index in [1.807, 2.05) is 55.5 Å². The maximum absolute atomic E-state index is 13.1. The van der Waals surface area contributed by atoms with Gasteiger partial charge in [-0.25, -0.2) is 9.78 Å². The average molecular weight is 503 g/mol. The number of ether oxygens (including phenoxy) is 3. The first kappa shape index (κ1) is 25.9. The number of rotatable bonds is 9. The van der Waals surface area contributed by atoms with Crippen LogP contribution in [0.5, 0.6) is 11.5 Å². The zero-order valence-corrected chi connectivity index (χ0v) is 21.1. The predicted octanol–water partition coefficient (Wildman–Crippen LogP) is 4.21. The topological polar surface area (TPSA) is 104 Å². The minimum absolute atomic E-state index is 0.0862. The first-order valence-corrected chi connectivity index (χ1v) is 12.3. The number of nitrogens with one attached hydrogen (secondary N) is 1. The van der Waals surface area contributed by atoms with E-state index in [4.69, 9.17) is 14.2 Å². The van der Waals surface area contributed by atoms with Crippen LogP contribution in [0.3, 0.4) is 0 Å². The highest BCUT2D eigenvalue weighted by Gasteiger charge is 2.37. The van der Waals surface area contributed by atoms with Crippen LogP contribution in [0.15, 0.2) is 66.9 Å². The molecule has 0 saturated carbocycles. The van der Waals surface area contributed by atoms with E-state index in [1.165, 1.54) is 19.4 Å². The smallest absolute Gasteiger partial charge is 0.328 e. The number of nitrogens with zero attached hydrogens (tertiary/aromatic N) is 1. The van der Waals surface area contributed by atoms with Gasteiger partial charge in [0.25, 0.3) is 5.91 Å². The number of hydrogen-bond acceptors (Lipinski definition) is 7. The molecule has 0 fully saturated rings. The van der Waals surface area contributed by atoms with Crippen LogP contribution in [0.4, 0.5) is 0 Å². The molecule has 0 spiro atoms. The number of benzene rings is 2. The fourth-order valence-electron chi connectivity index (χ4n) is 4.52. The predicted molar refractivity (Wildman–Crippen MR) is 137 cm³/mol. The molecular formula is C29H30N2O6. The summed E-state index contributed by atoms with van der Waals surface area (Å²) in [6.07, 6.45) is 2.30. The second kappa shape index (κ2) is 11.7. The van der Waals surface area contributed by atoms with E-state index in [1.54, 1.807) is 6.92 Å². The van der Waals surface area contributed by atoms with Crippen molar-refractivity contribution in [1.29, 1.82) is 0 Å². The first-order valence-electron chi connectivity index (χ1n) is 12.3. The molecule has 0 radical (unpaired) electrons. The largest absolute Gasteiger partial charge is 0.493 e. The minimum Gasteiger partial charge on any atom is -0.493 e. The molecule has 8 heteroatoms. The van der Waals surface area contributed by atoms with Crippen molar-refractivity contribution in [2.24, 2.45) is 0 Å². The highest BCUT2D eigenvalue weighted by Crippen LogP contribution is 2.40. The van der Waals surface area contributed by atoms with Crippen LogP contribution in [-0.4, -0.2) is 42.1 Å².